The van der Waals surface area contributed by atoms with E-state index in [1.807, 2.05) is 26.0 Å². The standard InChI is InChI=1S/C9H16O/c1-4-6-7-8(3)9(10)5-2/h6-7,10H,4-5H2,1-3H3/b7-6-,9-8?. The highest BCUT2D eigenvalue weighted by Gasteiger charge is 1.90. The minimum Gasteiger partial charge on any atom is -0.512 e. The molecular weight excluding hydrogens is 124 g/mol. The Morgan fingerprint density at radius 1 is 1.40 bits per heavy atom. The summed E-state index contributed by atoms with van der Waals surface area (Å²) >= 11 is 0. The van der Waals surface area contributed by atoms with E-state index in [9.17, 15) is 5.11 Å². The molecule has 0 bridgehead atoms. The van der Waals surface area contributed by atoms with Crippen molar-refractivity contribution in [1.29, 1.82) is 0 Å². The normalized spacial score (nSPS) is 13.9. The van der Waals surface area contributed by atoms with Crippen molar-refractivity contribution in [2.45, 2.75) is 33.6 Å². The largest absolute Gasteiger partial charge is 0.512 e. The molecule has 0 unspecified atom stereocenters. The zero-order chi connectivity index (χ0) is 7.98. The van der Waals surface area contributed by atoms with Crippen molar-refractivity contribution in [3.8, 4) is 0 Å². The Morgan fingerprint density at radius 3 is 2.40 bits per heavy atom. The van der Waals surface area contributed by atoms with Crippen molar-refractivity contribution in [3.05, 3.63) is 23.5 Å². The molecule has 0 saturated heterocycles. The SMILES string of the molecule is CC/C=C\C(C)=C(O)CC. The molecule has 0 radical (unpaired) electrons. The lowest BCUT2D eigenvalue weighted by Gasteiger charge is -1.96. The molecule has 0 aliphatic rings. The fourth-order valence-corrected chi connectivity index (χ4v) is 0.670. The monoisotopic (exact) mass is 140 g/mol. The second-order valence-electron chi connectivity index (χ2n) is 2.29. The third-order valence-corrected chi connectivity index (χ3v) is 1.39. The third kappa shape index (κ3) is 3.33. The molecule has 10 heavy (non-hydrogen) atoms. The van der Waals surface area contributed by atoms with Gasteiger partial charge in [0.25, 0.3) is 0 Å². The van der Waals surface area contributed by atoms with Crippen molar-refractivity contribution < 1.29 is 5.11 Å². The predicted octanol–water partition coefficient (Wildman–Crippen LogP) is 3.19. The number of hydrogen-bond donors (Lipinski definition) is 1. The highest BCUT2D eigenvalue weighted by atomic mass is 16.3. The number of hydrogen-bond acceptors (Lipinski definition) is 1. The maximum absolute atomic E-state index is 9.18. The average molecular weight is 140 g/mol. The molecule has 0 saturated carbocycles. The summed E-state index contributed by atoms with van der Waals surface area (Å²) in [6.07, 6.45) is 5.74. The summed E-state index contributed by atoms with van der Waals surface area (Å²) in [5.41, 5.74) is 0.976. The lowest BCUT2D eigenvalue weighted by Crippen LogP contribution is -1.81. The van der Waals surface area contributed by atoms with E-state index in [-0.39, 0.29) is 0 Å². The van der Waals surface area contributed by atoms with Gasteiger partial charge in [0.05, 0.1) is 5.76 Å². The molecule has 0 aromatic heterocycles. The smallest absolute Gasteiger partial charge is 0.0948 e. The highest BCUT2D eigenvalue weighted by molar-refractivity contribution is 5.18. The Bertz CT molecular complexity index is 143. The summed E-state index contributed by atoms with van der Waals surface area (Å²) in [4.78, 5) is 0. The second-order valence-corrected chi connectivity index (χ2v) is 2.29. The molecule has 1 heteroatoms. The molecule has 1 nitrogen and oxygen atoms in total. The minimum atomic E-state index is 0.490. The van der Waals surface area contributed by atoms with Crippen LogP contribution in [0.5, 0.6) is 0 Å². The summed E-state index contributed by atoms with van der Waals surface area (Å²) in [6, 6.07) is 0. The van der Waals surface area contributed by atoms with Gasteiger partial charge >= 0.3 is 0 Å². The zero-order valence-electron chi connectivity index (χ0n) is 7.02. The van der Waals surface area contributed by atoms with Gasteiger partial charge in [-0.05, 0) is 18.9 Å². The fourth-order valence-electron chi connectivity index (χ4n) is 0.670. The fraction of sp³-hybridized carbons (Fsp3) is 0.556. The van der Waals surface area contributed by atoms with E-state index in [1.54, 1.807) is 0 Å². The van der Waals surface area contributed by atoms with Gasteiger partial charge in [-0.3, -0.25) is 0 Å². The molecule has 58 valence electrons. The Morgan fingerprint density at radius 2 is 2.00 bits per heavy atom. The predicted molar refractivity (Wildman–Crippen MR) is 45.1 cm³/mol. The maximum atomic E-state index is 9.18. The van der Waals surface area contributed by atoms with Crippen LogP contribution in [0.3, 0.4) is 0 Å². The van der Waals surface area contributed by atoms with E-state index in [0.717, 1.165) is 18.4 Å². The molecule has 1 N–H and O–H groups in total. The lowest BCUT2D eigenvalue weighted by molar-refractivity contribution is 0.389. The maximum Gasteiger partial charge on any atom is 0.0948 e. The molecule has 0 aliphatic heterocycles. The quantitative estimate of drug-likeness (QED) is 0.471. The van der Waals surface area contributed by atoms with Crippen LogP contribution in [0.2, 0.25) is 0 Å². The zero-order valence-corrected chi connectivity index (χ0v) is 7.02. The van der Waals surface area contributed by atoms with Crippen molar-refractivity contribution in [2.75, 3.05) is 0 Å². The van der Waals surface area contributed by atoms with Gasteiger partial charge in [0.2, 0.25) is 0 Å². The first-order chi connectivity index (χ1) is 4.72. The minimum absolute atomic E-state index is 0.490. The molecule has 0 aliphatic carbocycles. The number of rotatable bonds is 3. The molecular formula is C9H16O. The van der Waals surface area contributed by atoms with E-state index in [1.165, 1.54) is 0 Å². The first-order valence-corrected chi connectivity index (χ1v) is 3.77. The van der Waals surface area contributed by atoms with Crippen molar-refractivity contribution in [3.63, 3.8) is 0 Å². The summed E-state index contributed by atoms with van der Waals surface area (Å²) in [5, 5.41) is 9.18. The second kappa shape index (κ2) is 5.10. The van der Waals surface area contributed by atoms with Crippen molar-refractivity contribution in [1.82, 2.24) is 0 Å². The number of allylic oxidation sites excluding steroid dienone is 4. The van der Waals surface area contributed by atoms with Gasteiger partial charge in [-0.15, -0.1) is 0 Å². The van der Waals surface area contributed by atoms with E-state index in [2.05, 4.69) is 6.92 Å². The first-order valence-electron chi connectivity index (χ1n) is 3.77. The van der Waals surface area contributed by atoms with E-state index in [0.29, 0.717) is 5.76 Å². The van der Waals surface area contributed by atoms with Crippen molar-refractivity contribution in [2.24, 2.45) is 0 Å². The molecule has 0 fully saturated rings. The summed E-state index contributed by atoms with van der Waals surface area (Å²) in [7, 11) is 0. The van der Waals surface area contributed by atoms with Crippen LogP contribution in [-0.4, -0.2) is 5.11 Å². The Labute approximate surface area is 63.1 Å². The molecule has 0 heterocycles. The van der Waals surface area contributed by atoms with Gasteiger partial charge in [0.1, 0.15) is 0 Å². The molecule has 0 atom stereocenters. The highest BCUT2D eigenvalue weighted by Crippen LogP contribution is 2.05. The van der Waals surface area contributed by atoms with Crippen LogP contribution in [0, 0.1) is 0 Å². The number of aliphatic hydroxyl groups is 1. The molecule has 0 amide bonds. The number of aliphatic hydroxyl groups excluding tert-OH is 1. The van der Waals surface area contributed by atoms with Crippen LogP contribution in [0.25, 0.3) is 0 Å². The van der Waals surface area contributed by atoms with Crippen molar-refractivity contribution >= 4 is 0 Å². The van der Waals surface area contributed by atoms with Crippen LogP contribution in [0.1, 0.15) is 33.6 Å². The molecule has 0 aromatic rings. The van der Waals surface area contributed by atoms with Crippen LogP contribution in [-0.2, 0) is 0 Å². The molecule has 0 aromatic carbocycles. The average Bonchev–Trinajstić information content (AvgIpc) is 1.98. The Kier molecular flexibility index (Phi) is 4.73. The molecule has 0 rings (SSSR count). The van der Waals surface area contributed by atoms with E-state index < -0.39 is 0 Å². The van der Waals surface area contributed by atoms with Gasteiger partial charge in [-0.1, -0.05) is 26.0 Å². The van der Waals surface area contributed by atoms with Gasteiger partial charge in [0, 0.05) is 6.42 Å². The Balaban J connectivity index is 4.04. The topological polar surface area (TPSA) is 20.2 Å². The van der Waals surface area contributed by atoms with E-state index in [4.69, 9.17) is 0 Å². The van der Waals surface area contributed by atoms with Gasteiger partial charge < -0.3 is 5.11 Å². The lowest BCUT2D eigenvalue weighted by atomic mass is 10.2. The Hall–Kier alpha value is -0.720. The third-order valence-electron chi connectivity index (χ3n) is 1.39. The molecule has 0 spiro atoms. The van der Waals surface area contributed by atoms with E-state index >= 15 is 0 Å². The van der Waals surface area contributed by atoms with Gasteiger partial charge in [0.15, 0.2) is 0 Å². The van der Waals surface area contributed by atoms with Gasteiger partial charge in [-0.2, -0.15) is 0 Å². The van der Waals surface area contributed by atoms with Crippen LogP contribution in [0.15, 0.2) is 23.5 Å². The van der Waals surface area contributed by atoms with Crippen LogP contribution < -0.4 is 0 Å². The van der Waals surface area contributed by atoms with Crippen LogP contribution in [0.4, 0.5) is 0 Å². The summed E-state index contributed by atoms with van der Waals surface area (Å²) < 4.78 is 0. The van der Waals surface area contributed by atoms with Gasteiger partial charge in [-0.25, -0.2) is 0 Å². The summed E-state index contributed by atoms with van der Waals surface area (Å²) in [5.74, 6) is 0.490. The summed E-state index contributed by atoms with van der Waals surface area (Å²) in [6.45, 7) is 5.94. The first kappa shape index (κ1) is 9.28. The van der Waals surface area contributed by atoms with Crippen LogP contribution >= 0.6 is 0 Å².